The Labute approximate surface area is 123 Å². The van der Waals surface area contributed by atoms with Gasteiger partial charge in [0.1, 0.15) is 0 Å². The van der Waals surface area contributed by atoms with Gasteiger partial charge < -0.3 is 11.1 Å². The molecule has 1 rings (SSSR count). The third-order valence-corrected chi connectivity index (χ3v) is 5.92. The molecule has 0 saturated heterocycles. The smallest absolute Gasteiger partial charge is 0.0489 e. The first-order chi connectivity index (χ1) is 8.48. The molecular weight excluding hydrogens is 308 g/mol. The summed E-state index contributed by atoms with van der Waals surface area (Å²) in [5.41, 5.74) is 8.96. The number of halogens is 1. The molecule has 102 valence electrons. The Morgan fingerprint density at radius 3 is 2.44 bits per heavy atom. The maximum atomic E-state index is 5.89. The third-order valence-electron chi connectivity index (χ3n) is 3.68. The highest BCUT2D eigenvalue weighted by Crippen LogP contribution is 2.33. The van der Waals surface area contributed by atoms with E-state index in [1.807, 2.05) is 24.8 Å². The normalized spacial score (nSPS) is 11.6. The zero-order valence-corrected chi connectivity index (χ0v) is 14.0. The molecule has 0 atom stereocenters. The summed E-state index contributed by atoms with van der Waals surface area (Å²) < 4.78 is 1.35. The Balaban J connectivity index is 2.83. The minimum absolute atomic E-state index is 0.314. The van der Waals surface area contributed by atoms with Gasteiger partial charge in [-0.3, -0.25) is 0 Å². The lowest BCUT2D eigenvalue weighted by molar-refractivity contribution is 0.574. The molecule has 0 fully saturated rings. The van der Waals surface area contributed by atoms with Crippen molar-refractivity contribution in [3.63, 3.8) is 0 Å². The van der Waals surface area contributed by atoms with Crippen molar-refractivity contribution in [3.05, 3.63) is 22.2 Å². The maximum Gasteiger partial charge on any atom is 0.0489 e. The molecule has 0 heterocycles. The van der Waals surface area contributed by atoms with Crippen LogP contribution in [0.5, 0.6) is 0 Å². The van der Waals surface area contributed by atoms with E-state index >= 15 is 0 Å². The van der Waals surface area contributed by atoms with Crippen molar-refractivity contribution < 1.29 is 0 Å². The van der Waals surface area contributed by atoms with Crippen molar-refractivity contribution in [2.24, 2.45) is 0 Å². The van der Waals surface area contributed by atoms with Crippen molar-refractivity contribution in [2.45, 2.75) is 38.4 Å². The average Bonchev–Trinajstić information content (AvgIpc) is 2.37. The van der Waals surface area contributed by atoms with Crippen LogP contribution in [0.3, 0.4) is 0 Å². The number of hydrogen-bond donors (Lipinski definition) is 2. The van der Waals surface area contributed by atoms with Gasteiger partial charge in [-0.25, -0.2) is 0 Å². The number of anilines is 2. The second kappa shape index (κ2) is 6.71. The standard InChI is InChI=1S/C14H23BrN2S/c1-5-14(6-2,18-4)9-17-13-7-10(3)12(16)8-11(13)15/h7-8,17H,5-6,9,16H2,1-4H3. The molecule has 2 nitrogen and oxygen atoms in total. The van der Waals surface area contributed by atoms with Gasteiger partial charge in [-0.2, -0.15) is 11.8 Å². The van der Waals surface area contributed by atoms with E-state index in [4.69, 9.17) is 5.73 Å². The molecule has 0 unspecified atom stereocenters. The topological polar surface area (TPSA) is 38.0 Å². The molecule has 4 heteroatoms. The quantitative estimate of drug-likeness (QED) is 0.744. The van der Waals surface area contributed by atoms with Crippen LogP contribution in [0.25, 0.3) is 0 Å². The number of benzene rings is 1. The van der Waals surface area contributed by atoms with Gasteiger partial charge in [0.15, 0.2) is 0 Å². The van der Waals surface area contributed by atoms with E-state index < -0.39 is 0 Å². The average molecular weight is 331 g/mol. The number of thioether (sulfide) groups is 1. The van der Waals surface area contributed by atoms with Gasteiger partial charge in [0.25, 0.3) is 0 Å². The second-order valence-electron chi connectivity index (χ2n) is 4.64. The van der Waals surface area contributed by atoms with E-state index in [-0.39, 0.29) is 0 Å². The van der Waals surface area contributed by atoms with E-state index in [1.54, 1.807) is 0 Å². The lowest BCUT2D eigenvalue weighted by atomic mass is 10.0. The molecule has 1 aromatic carbocycles. The Bertz CT molecular complexity index is 395. The molecule has 0 radical (unpaired) electrons. The van der Waals surface area contributed by atoms with Crippen LogP contribution in [0.2, 0.25) is 0 Å². The first kappa shape index (κ1) is 15.7. The minimum Gasteiger partial charge on any atom is -0.398 e. The molecule has 0 bridgehead atoms. The summed E-state index contributed by atoms with van der Waals surface area (Å²) in [7, 11) is 0. The van der Waals surface area contributed by atoms with Crippen LogP contribution in [0.1, 0.15) is 32.3 Å². The highest BCUT2D eigenvalue weighted by molar-refractivity contribution is 9.10. The van der Waals surface area contributed by atoms with Crippen molar-refractivity contribution in [1.82, 2.24) is 0 Å². The zero-order valence-electron chi connectivity index (χ0n) is 11.6. The molecular formula is C14H23BrN2S. The molecule has 1 aromatic rings. The molecule has 0 aliphatic heterocycles. The molecule has 18 heavy (non-hydrogen) atoms. The Morgan fingerprint density at radius 2 is 1.94 bits per heavy atom. The highest BCUT2D eigenvalue weighted by Gasteiger charge is 2.24. The number of nitrogens with two attached hydrogens (primary N) is 1. The maximum absolute atomic E-state index is 5.89. The van der Waals surface area contributed by atoms with Crippen LogP contribution in [-0.4, -0.2) is 17.5 Å². The van der Waals surface area contributed by atoms with Crippen LogP contribution in [0, 0.1) is 6.92 Å². The van der Waals surface area contributed by atoms with Gasteiger partial charge in [0.05, 0.1) is 0 Å². The van der Waals surface area contributed by atoms with E-state index in [2.05, 4.69) is 47.4 Å². The van der Waals surface area contributed by atoms with E-state index in [1.165, 1.54) is 12.8 Å². The van der Waals surface area contributed by atoms with Crippen molar-refractivity contribution in [3.8, 4) is 0 Å². The minimum atomic E-state index is 0.314. The number of nitrogen functional groups attached to an aromatic ring is 1. The fourth-order valence-corrected chi connectivity index (χ4v) is 3.24. The molecule has 0 amide bonds. The lowest BCUT2D eigenvalue weighted by Gasteiger charge is -2.30. The van der Waals surface area contributed by atoms with Gasteiger partial charge in [-0.15, -0.1) is 0 Å². The van der Waals surface area contributed by atoms with Gasteiger partial charge >= 0.3 is 0 Å². The number of aryl methyl sites for hydroxylation is 1. The Kier molecular flexibility index (Phi) is 5.86. The van der Waals surface area contributed by atoms with Crippen LogP contribution < -0.4 is 11.1 Å². The first-order valence-electron chi connectivity index (χ1n) is 6.32. The van der Waals surface area contributed by atoms with Gasteiger partial charge in [0.2, 0.25) is 0 Å². The largest absolute Gasteiger partial charge is 0.398 e. The van der Waals surface area contributed by atoms with Crippen LogP contribution >= 0.6 is 27.7 Å². The summed E-state index contributed by atoms with van der Waals surface area (Å²) in [6, 6.07) is 4.08. The molecule has 0 aromatic heterocycles. The summed E-state index contributed by atoms with van der Waals surface area (Å²) in [6.07, 6.45) is 4.53. The number of hydrogen-bond acceptors (Lipinski definition) is 3. The van der Waals surface area contributed by atoms with Crippen LogP contribution in [0.15, 0.2) is 16.6 Å². The summed E-state index contributed by atoms with van der Waals surface area (Å²) in [6.45, 7) is 7.52. The summed E-state index contributed by atoms with van der Waals surface area (Å²) in [5.74, 6) is 0. The lowest BCUT2D eigenvalue weighted by Crippen LogP contribution is -2.32. The molecule has 0 spiro atoms. The summed E-state index contributed by atoms with van der Waals surface area (Å²) in [4.78, 5) is 0. The SMILES string of the molecule is CCC(CC)(CNc1cc(C)c(N)cc1Br)SC. The molecule has 0 aliphatic carbocycles. The number of rotatable bonds is 6. The van der Waals surface area contributed by atoms with E-state index in [0.717, 1.165) is 28.0 Å². The third kappa shape index (κ3) is 3.58. The zero-order chi connectivity index (χ0) is 13.8. The van der Waals surface area contributed by atoms with Gasteiger partial charge in [-0.05, 0) is 59.6 Å². The van der Waals surface area contributed by atoms with Crippen LogP contribution in [-0.2, 0) is 0 Å². The number of nitrogens with one attached hydrogen (secondary N) is 1. The predicted octanol–water partition coefficient (Wildman–Crippen LogP) is 4.67. The van der Waals surface area contributed by atoms with E-state index in [0.29, 0.717) is 4.75 Å². The first-order valence-corrected chi connectivity index (χ1v) is 8.34. The van der Waals surface area contributed by atoms with Crippen molar-refractivity contribution in [2.75, 3.05) is 23.9 Å². The molecule has 3 N–H and O–H groups in total. The van der Waals surface area contributed by atoms with Crippen molar-refractivity contribution in [1.29, 1.82) is 0 Å². The monoisotopic (exact) mass is 330 g/mol. The van der Waals surface area contributed by atoms with Gasteiger partial charge in [0, 0.05) is 27.1 Å². The predicted molar refractivity (Wildman–Crippen MR) is 88.6 cm³/mol. The second-order valence-corrected chi connectivity index (χ2v) is 6.77. The Hall–Kier alpha value is -0.350. The van der Waals surface area contributed by atoms with E-state index in [9.17, 15) is 0 Å². The molecule has 0 aliphatic rings. The summed E-state index contributed by atoms with van der Waals surface area (Å²) >= 11 is 5.51. The molecule has 0 saturated carbocycles. The fraction of sp³-hybridized carbons (Fsp3) is 0.571. The summed E-state index contributed by atoms with van der Waals surface area (Å²) in [5, 5.41) is 3.55. The van der Waals surface area contributed by atoms with Crippen LogP contribution in [0.4, 0.5) is 11.4 Å². The fourth-order valence-electron chi connectivity index (χ4n) is 1.95. The Morgan fingerprint density at radius 1 is 1.33 bits per heavy atom. The van der Waals surface area contributed by atoms with Gasteiger partial charge in [-0.1, -0.05) is 13.8 Å². The van der Waals surface area contributed by atoms with Crippen molar-refractivity contribution >= 4 is 39.1 Å². The highest BCUT2D eigenvalue weighted by atomic mass is 79.9.